The summed E-state index contributed by atoms with van der Waals surface area (Å²) in [5, 5.41) is 0. The van der Waals surface area contributed by atoms with Crippen LogP contribution in [-0.4, -0.2) is 54.6 Å². The average molecular weight is 298 g/mol. The van der Waals surface area contributed by atoms with Gasteiger partial charge in [0, 0.05) is 12.1 Å². The van der Waals surface area contributed by atoms with Crippen LogP contribution < -0.4 is 5.73 Å². The van der Waals surface area contributed by atoms with Gasteiger partial charge >= 0.3 is 0 Å². The lowest BCUT2D eigenvalue weighted by Gasteiger charge is -2.43. The normalized spacial score (nSPS) is 27.3. The molecule has 21 heavy (non-hydrogen) atoms. The van der Waals surface area contributed by atoms with Crippen molar-refractivity contribution in [2.75, 3.05) is 39.3 Å². The summed E-state index contributed by atoms with van der Waals surface area (Å²) >= 11 is 0. The van der Waals surface area contributed by atoms with Crippen LogP contribution in [0.5, 0.6) is 0 Å². The van der Waals surface area contributed by atoms with Crippen molar-refractivity contribution in [1.82, 2.24) is 9.80 Å². The Hall–Kier alpha value is -0.120. The molecule has 0 heterocycles. The van der Waals surface area contributed by atoms with Crippen LogP contribution in [0.3, 0.4) is 0 Å². The first kappa shape index (κ1) is 18.9. The van der Waals surface area contributed by atoms with Gasteiger partial charge in [-0.05, 0) is 64.3 Å². The Morgan fingerprint density at radius 1 is 1.00 bits per heavy atom. The summed E-state index contributed by atoms with van der Waals surface area (Å²) in [4.78, 5) is 5.23. The van der Waals surface area contributed by atoms with Crippen LogP contribution in [0.15, 0.2) is 0 Å². The summed E-state index contributed by atoms with van der Waals surface area (Å²) in [6.45, 7) is 16.0. The van der Waals surface area contributed by atoms with Crippen LogP contribution >= 0.6 is 0 Å². The van der Waals surface area contributed by atoms with Gasteiger partial charge in [-0.25, -0.2) is 0 Å². The number of nitrogens with zero attached hydrogens (tertiary/aromatic N) is 2. The summed E-state index contributed by atoms with van der Waals surface area (Å²) in [6, 6.07) is 0. The molecule has 0 bridgehead atoms. The number of hydrogen-bond acceptors (Lipinski definition) is 3. The SMILES string of the molecule is CCN(CC)CCCN(CC)C1(CN)CCCC(C)CC1. The van der Waals surface area contributed by atoms with E-state index >= 15 is 0 Å². The lowest BCUT2D eigenvalue weighted by molar-refractivity contribution is 0.0777. The minimum Gasteiger partial charge on any atom is -0.329 e. The molecule has 2 atom stereocenters. The van der Waals surface area contributed by atoms with E-state index in [4.69, 9.17) is 5.73 Å². The Morgan fingerprint density at radius 3 is 2.29 bits per heavy atom. The van der Waals surface area contributed by atoms with E-state index in [1.165, 1.54) is 64.7 Å². The van der Waals surface area contributed by atoms with E-state index in [9.17, 15) is 0 Å². The number of rotatable bonds is 9. The molecule has 0 amide bonds. The molecule has 3 nitrogen and oxygen atoms in total. The summed E-state index contributed by atoms with van der Waals surface area (Å²) in [7, 11) is 0. The molecule has 0 saturated heterocycles. The molecule has 1 aliphatic rings. The van der Waals surface area contributed by atoms with Crippen LogP contribution in [0.1, 0.15) is 66.2 Å². The molecule has 1 fully saturated rings. The predicted molar refractivity (Wildman–Crippen MR) is 93.7 cm³/mol. The van der Waals surface area contributed by atoms with E-state index in [1.807, 2.05) is 0 Å². The zero-order valence-electron chi connectivity index (χ0n) is 15.0. The molecule has 126 valence electrons. The second kappa shape index (κ2) is 9.81. The van der Waals surface area contributed by atoms with Gasteiger partial charge in [-0.15, -0.1) is 0 Å². The Kier molecular flexibility index (Phi) is 8.84. The Morgan fingerprint density at radius 2 is 1.71 bits per heavy atom. The zero-order chi connectivity index (χ0) is 15.7. The highest BCUT2D eigenvalue weighted by molar-refractivity contribution is 4.93. The van der Waals surface area contributed by atoms with Crippen LogP contribution in [0.2, 0.25) is 0 Å². The van der Waals surface area contributed by atoms with Gasteiger partial charge in [0.15, 0.2) is 0 Å². The number of nitrogens with two attached hydrogens (primary N) is 1. The van der Waals surface area contributed by atoms with E-state index in [-0.39, 0.29) is 5.54 Å². The van der Waals surface area contributed by atoms with Gasteiger partial charge in [0.2, 0.25) is 0 Å². The molecular formula is C18H39N3. The molecule has 0 aromatic heterocycles. The van der Waals surface area contributed by atoms with E-state index < -0.39 is 0 Å². The largest absolute Gasteiger partial charge is 0.329 e. The Balaban J connectivity index is 2.58. The molecule has 2 unspecified atom stereocenters. The number of likely N-dealkylation sites (N-methyl/N-ethyl adjacent to an activating group) is 1. The van der Waals surface area contributed by atoms with Crippen LogP contribution in [-0.2, 0) is 0 Å². The van der Waals surface area contributed by atoms with E-state index in [2.05, 4.69) is 37.5 Å². The third kappa shape index (κ3) is 5.54. The molecule has 1 aliphatic carbocycles. The standard InChI is InChI=1S/C18H39N3/c1-5-20(6-2)14-9-15-21(7-3)18(16-19)12-8-10-17(4)11-13-18/h17H,5-16,19H2,1-4H3. The van der Waals surface area contributed by atoms with Gasteiger partial charge in [0.1, 0.15) is 0 Å². The van der Waals surface area contributed by atoms with Crippen LogP contribution in [0.25, 0.3) is 0 Å². The maximum absolute atomic E-state index is 6.26. The summed E-state index contributed by atoms with van der Waals surface area (Å²) < 4.78 is 0. The van der Waals surface area contributed by atoms with Gasteiger partial charge in [-0.1, -0.05) is 40.5 Å². The highest BCUT2D eigenvalue weighted by Crippen LogP contribution is 2.34. The molecule has 0 aliphatic heterocycles. The molecule has 0 spiro atoms. The first-order chi connectivity index (χ1) is 10.1. The average Bonchev–Trinajstić information content (AvgIpc) is 2.70. The molecule has 2 N–H and O–H groups in total. The maximum atomic E-state index is 6.26. The van der Waals surface area contributed by atoms with Gasteiger partial charge in [-0.3, -0.25) is 4.90 Å². The van der Waals surface area contributed by atoms with Crippen molar-refractivity contribution in [3.8, 4) is 0 Å². The fourth-order valence-corrected chi connectivity index (χ4v) is 3.97. The molecular weight excluding hydrogens is 258 g/mol. The Labute approximate surface area is 133 Å². The molecule has 1 saturated carbocycles. The van der Waals surface area contributed by atoms with Crippen LogP contribution in [0, 0.1) is 5.92 Å². The smallest absolute Gasteiger partial charge is 0.0331 e. The van der Waals surface area contributed by atoms with Crippen molar-refractivity contribution < 1.29 is 0 Å². The van der Waals surface area contributed by atoms with Gasteiger partial charge in [0.25, 0.3) is 0 Å². The first-order valence-electron chi connectivity index (χ1n) is 9.29. The highest BCUT2D eigenvalue weighted by Gasteiger charge is 2.35. The first-order valence-corrected chi connectivity index (χ1v) is 9.29. The summed E-state index contributed by atoms with van der Waals surface area (Å²) in [6.07, 6.45) is 7.96. The van der Waals surface area contributed by atoms with Crippen molar-refractivity contribution in [3.63, 3.8) is 0 Å². The van der Waals surface area contributed by atoms with Crippen molar-refractivity contribution in [2.45, 2.75) is 71.8 Å². The van der Waals surface area contributed by atoms with Crippen molar-refractivity contribution in [3.05, 3.63) is 0 Å². The van der Waals surface area contributed by atoms with Gasteiger partial charge in [-0.2, -0.15) is 0 Å². The third-order valence-electron chi connectivity index (χ3n) is 5.67. The van der Waals surface area contributed by atoms with Crippen molar-refractivity contribution >= 4 is 0 Å². The number of hydrogen-bond donors (Lipinski definition) is 1. The van der Waals surface area contributed by atoms with Crippen molar-refractivity contribution in [1.29, 1.82) is 0 Å². The van der Waals surface area contributed by atoms with E-state index in [1.54, 1.807) is 0 Å². The molecule has 0 radical (unpaired) electrons. The second-order valence-electron chi connectivity index (χ2n) is 6.92. The molecule has 3 heteroatoms. The fraction of sp³-hybridized carbons (Fsp3) is 1.00. The lowest BCUT2D eigenvalue weighted by atomic mass is 9.87. The zero-order valence-corrected chi connectivity index (χ0v) is 15.0. The Bertz CT molecular complexity index is 265. The maximum Gasteiger partial charge on any atom is 0.0331 e. The van der Waals surface area contributed by atoms with Gasteiger partial charge < -0.3 is 10.6 Å². The molecule has 1 rings (SSSR count). The monoisotopic (exact) mass is 297 g/mol. The molecule has 0 aromatic carbocycles. The van der Waals surface area contributed by atoms with Crippen LogP contribution in [0.4, 0.5) is 0 Å². The lowest BCUT2D eigenvalue weighted by Crippen LogP contribution is -2.54. The minimum absolute atomic E-state index is 0.281. The summed E-state index contributed by atoms with van der Waals surface area (Å²) in [5.41, 5.74) is 6.54. The van der Waals surface area contributed by atoms with Crippen molar-refractivity contribution in [2.24, 2.45) is 11.7 Å². The summed E-state index contributed by atoms with van der Waals surface area (Å²) in [5.74, 6) is 0.882. The van der Waals surface area contributed by atoms with E-state index in [0.29, 0.717) is 0 Å². The van der Waals surface area contributed by atoms with E-state index in [0.717, 1.165) is 19.0 Å². The molecule has 0 aromatic rings. The fourth-order valence-electron chi connectivity index (χ4n) is 3.97. The van der Waals surface area contributed by atoms with Gasteiger partial charge in [0.05, 0.1) is 0 Å². The quantitative estimate of drug-likeness (QED) is 0.663. The minimum atomic E-state index is 0.281. The highest BCUT2D eigenvalue weighted by atomic mass is 15.2. The predicted octanol–water partition coefficient (Wildman–Crippen LogP) is 3.34. The topological polar surface area (TPSA) is 32.5 Å². The second-order valence-corrected chi connectivity index (χ2v) is 6.92. The third-order valence-corrected chi connectivity index (χ3v) is 5.67.